The van der Waals surface area contributed by atoms with Crippen molar-refractivity contribution in [1.82, 2.24) is 0 Å². The van der Waals surface area contributed by atoms with Crippen molar-refractivity contribution in [3.8, 4) is 0 Å². The Labute approximate surface area is 71.5 Å². The van der Waals surface area contributed by atoms with Gasteiger partial charge in [-0.3, -0.25) is 0 Å². The predicted molar refractivity (Wildman–Crippen MR) is 43.4 cm³/mol. The highest BCUT2D eigenvalue weighted by Crippen LogP contribution is 1.95. The molecule has 4 heteroatoms. The Morgan fingerprint density at radius 1 is 1.50 bits per heavy atom. The highest BCUT2D eigenvalue weighted by atomic mass is 16.5. The van der Waals surface area contributed by atoms with E-state index in [0.717, 1.165) is 0 Å². The van der Waals surface area contributed by atoms with Crippen LogP contribution in [0.25, 0.3) is 0 Å². The van der Waals surface area contributed by atoms with Crippen molar-refractivity contribution in [3.05, 3.63) is 12.2 Å². The number of rotatable bonds is 5. The molecule has 0 aliphatic rings. The first-order valence-corrected chi connectivity index (χ1v) is 3.75. The summed E-state index contributed by atoms with van der Waals surface area (Å²) in [4.78, 5) is 10.7. The molecule has 0 aromatic rings. The quantitative estimate of drug-likeness (QED) is 0.444. The average molecular weight is 174 g/mol. The summed E-state index contributed by atoms with van der Waals surface area (Å²) >= 11 is 0. The van der Waals surface area contributed by atoms with E-state index in [-0.39, 0.29) is 25.7 Å². The maximum absolute atomic E-state index is 10.7. The van der Waals surface area contributed by atoms with Gasteiger partial charge in [0.05, 0.1) is 19.8 Å². The molecule has 0 bridgehead atoms. The molecule has 0 amide bonds. The number of allylic oxidation sites excluding steroid dienone is 1. The third-order valence-corrected chi connectivity index (χ3v) is 1.28. The molecule has 0 fully saturated rings. The molecule has 0 aromatic heterocycles. The molecular formula is C8H14O4. The molecular weight excluding hydrogens is 160 g/mol. The summed E-state index contributed by atoms with van der Waals surface area (Å²) in [5, 5.41) is 17.2. The summed E-state index contributed by atoms with van der Waals surface area (Å²) in [5.74, 6) is -0.830. The van der Waals surface area contributed by atoms with E-state index >= 15 is 0 Å². The highest BCUT2D eigenvalue weighted by molar-refractivity contribution is 5.81. The van der Waals surface area contributed by atoms with Crippen molar-refractivity contribution in [3.63, 3.8) is 0 Å². The minimum atomic E-state index is -0.454. The van der Waals surface area contributed by atoms with E-state index in [4.69, 9.17) is 10.2 Å². The maximum atomic E-state index is 10.7. The Kier molecular flexibility index (Phi) is 6.32. The second kappa shape index (κ2) is 6.82. The summed E-state index contributed by atoms with van der Waals surface area (Å²) in [7, 11) is 0. The van der Waals surface area contributed by atoms with Gasteiger partial charge in [0, 0.05) is 12.0 Å². The number of carbonyl (C=O) groups excluding carboxylic acids is 1. The molecule has 0 saturated carbocycles. The van der Waals surface area contributed by atoms with Gasteiger partial charge in [0.1, 0.15) is 0 Å². The fourth-order valence-electron chi connectivity index (χ4n) is 0.547. The molecule has 0 unspecified atom stereocenters. The Balaban J connectivity index is 3.58. The van der Waals surface area contributed by atoms with Gasteiger partial charge in [-0.25, -0.2) is 4.79 Å². The number of aliphatic hydroxyl groups excluding tert-OH is 2. The lowest BCUT2D eigenvalue weighted by Gasteiger charge is -2.09. The molecule has 0 heterocycles. The molecule has 4 nitrogen and oxygen atoms in total. The van der Waals surface area contributed by atoms with Crippen molar-refractivity contribution in [2.45, 2.75) is 6.92 Å². The third kappa shape index (κ3) is 4.87. The van der Waals surface area contributed by atoms with E-state index in [1.54, 1.807) is 13.0 Å². The monoisotopic (exact) mass is 174 g/mol. The van der Waals surface area contributed by atoms with Gasteiger partial charge in [0.2, 0.25) is 0 Å². The fourth-order valence-corrected chi connectivity index (χ4v) is 0.547. The van der Waals surface area contributed by atoms with E-state index in [9.17, 15) is 4.79 Å². The van der Waals surface area contributed by atoms with Crippen LogP contribution in [0.4, 0.5) is 0 Å². The number of hydrogen-bond donors (Lipinski definition) is 2. The van der Waals surface area contributed by atoms with Gasteiger partial charge in [0.15, 0.2) is 0 Å². The van der Waals surface area contributed by atoms with E-state index in [0.29, 0.717) is 0 Å². The fraction of sp³-hybridized carbons (Fsp3) is 0.625. The van der Waals surface area contributed by atoms with Gasteiger partial charge in [-0.05, 0) is 6.92 Å². The lowest BCUT2D eigenvalue weighted by molar-refractivity contribution is -0.139. The van der Waals surface area contributed by atoms with Crippen LogP contribution in [0.1, 0.15) is 6.92 Å². The van der Waals surface area contributed by atoms with Crippen LogP contribution >= 0.6 is 0 Å². The van der Waals surface area contributed by atoms with Crippen LogP contribution in [0.5, 0.6) is 0 Å². The van der Waals surface area contributed by atoms with Gasteiger partial charge >= 0.3 is 5.97 Å². The van der Waals surface area contributed by atoms with Gasteiger partial charge in [-0.15, -0.1) is 0 Å². The molecule has 0 atom stereocenters. The zero-order chi connectivity index (χ0) is 9.40. The van der Waals surface area contributed by atoms with Crippen LogP contribution in [0.3, 0.4) is 0 Å². The first kappa shape index (κ1) is 11.1. The molecule has 0 saturated heterocycles. The van der Waals surface area contributed by atoms with Crippen molar-refractivity contribution >= 4 is 5.97 Å². The van der Waals surface area contributed by atoms with E-state index < -0.39 is 5.97 Å². The van der Waals surface area contributed by atoms with Crippen molar-refractivity contribution in [2.24, 2.45) is 5.92 Å². The molecule has 2 N–H and O–H groups in total. The first-order valence-electron chi connectivity index (χ1n) is 3.75. The summed E-state index contributed by atoms with van der Waals surface area (Å²) in [6.45, 7) is 1.40. The molecule has 0 aliphatic heterocycles. The minimum absolute atomic E-state index is 0.0518. The van der Waals surface area contributed by atoms with Gasteiger partial charge in [-0.2, -0.15) is 0 Å². The summed E-state index contributed by atoms with van der Waals surface area (Å²) in [5.41, 5.74) is 0. The Morgan fingerprint density at radius 2 is 2.08 bits per heavy atom. The van der Waals surface area contributed by atoms with Crippen LogP contribution in [-0.2, 0) is 9.53 Å². The van der Waals surface area contributed by atoms with E-state index in [2.05, 4.69) is 4.74 Å². The third-order valence-electron chi connectivity index (χ3n) is 1.28. The molecule has 0 radical (unpaired) electrons. The maximum Gasteiger partial charge on any atom is 0.330 e. The molecule has 0 spiro atoms. The molecule has 0 aromatic carbocycles. The number of esters is 1. The lowest BCUT2D eigenvalue weighted by atomic mass is 10.2. The number of ether oxygens (including phenoxy) is 1. The molecule has 12 heavy (non-hydrogen) atoms. The Bertz CT molecular complexity index is 149. The summed E-state index contributed by atoms with van der Waals surface area (Å²) in [6.07, 6.45) is 2.85. The van der Waals surface area contributed by atoms with E-state index in [1.807, 2.05) is 0 Å². The van der Waals surface area contributed by atoms with Gasteiger partial charge in [0.25, 0.3) is 0 Å². The second-order valence-electron chi connectivity index (χ2n) is 2.36. The number of hydrogen-bond acceptors (Lipinski definition) is 4. The summed E-state index contributed by atoms with van der Waals surface area (Å²) < 4.78 is 4.68. The smallest absolute Gasteiger partial charge is 0.330 e. The summed E-state index contributed by atoms with van der Waals surface area (Å²) in [6, 6.07) is 0. The lowest BCUT2D eigenvalue weighted by Crippen LogP contribution is -2.19. The average Bonchev–Trinajstić information content (AvgIpc) is 2.07. The van der Waals surface area contributed by atoms with Crippen LogP contribution < -0.4 is 0 Å². The van der Waals surface area contributed by atoms with E-state index in [1.165, 1.54) is 6.08 Å². The van der Waals surface area contributed by atoms with Crippen LogP contribution in [-0.4, -0.2) is 36.0 Å². The highest BCUT2D eigenvalue weighted by Gasteiger charge is 2.07. The van der Waals surface area contributed by atoms with Crippen molar-refractivity contribution in [2.75, 3.05) is 19.8 Å². The van der Waals surface area contributed by atoms with Gasteiger partial charge in [-0.1, -0.05) is 6.08 Å². The normalized spacial score (nSPS) is 11.0. The number of carbonyl (C=O) groups is 1. The predicted octanol–water partition coefficient (Wildman–Crippen LogP) is -0.293. The topological polar surface area (TPSA) is 66.8 Å². The zero-order valence-corrected chi connectivity index (χ0v) is 7.06. The van der Waals surface area contributed by atoms with Crippen LogP contribution in [0, 0.1) is 5.92 Å². The Morgan fingerprint density at radius 3 is 2.50 bits per heavy atom. The van der Waals surface area contributed by atoms with Crippen LogP contribution in [0.15, 0.2) is 12.2 Å². The van der Waals surface area contributed by atoms with Crippen molar-refractivity contribution in [1.29, 1.82) is 0 Å². The van der Waals surface area contributed by atoms with Crippen LogP contribution in [0.2, 0.25) is 0 Å². The second-order valence-corrected chi connectivity index (χ2v) is 2.36. The first-order chi connectivity index (χ1) is 5.74. The van der Waals surface area contributed by atoms with Crippen molar-refractivity contribution < 1.29 is 19.7 Å². The standard InChI is InChI=1S/C8H14O4/c1-2-3-8(11)12-6-7(4-9)5-10/h2-3,7,9-10H,4-6H2,1H3/b3-2-. The molecule has 0 aliphatic carbocycles. The Hall–Kier alpha value is -0.870. The van der Waals surface area contributed by atoms with Gasteiger partial charge < -0.3 is 14.9 Å². The molecule has 70 valence electrons. The SMILES string of the molecule is C/C=C\C(=O)OCC(CO)CO. The molecule has 0 rings (SSSR count). The largest absolute Gasteiger partial charge is 0.462 e. The zero-order valence-electron chi connectivity index (χ0n) is 7.06. The number of aliphatic hydroxyl groups is 2. The minimum Gasteiger partial charge on any atom is -0.462 e.